The molecule has 2 amide bonds. The van der Waals surface area contributed by atoms with Crippen molar-refractivity contribution in [3.05, 3.63) is 93.0 Å². The van der Waals surface area contributed by atoms with Crippen LogP contribution in [0.5, 0.6) is 5.75 Å². The first-order chi connectivity index (χ1) is 20.2. The third kappa shape index (κ3) is 4.94. The number of carbonyl (C=O) groups is 2. The van der Waals surface area contributed by atoms with Crippen LogP contribution < -0.4 is 15.4 Å². The molecule has 6 nitrogen and oxygen atoms in total. The number of rotatable bonds is 5. The predicted octanol–water partition coefficient (Wildman–Crippen LogP) is 6.46. The van der Waals surface area contributed by atoms with Crippen LogP contribution in [-0.2, 0) is 15.0 Å². The predicted molar refractivity (Wildman–Crippen MR) is 166 cm³/mol. The fraction of sp³-hybridized carbons (Fsp3) is 0.353. The first-order valence-electron chi connectivity index (χ1n) is 14.4. The van der Waals surface area contributed by atoms with Gasteiger partial charge in [0.1, 0.15) is 17.3 Å². The Hall–Kier alpha value is -3.50. The Morgan fingerprint density at radius 3 is 2.50 bits per heavy atom. The number of ether oxygens (including phenoxy) is 1. The van der Waals surface area contributed by atoms with E-state index in [0.29, 0.717) is 38.7 Å². The van der Waals surface area contributed by atoms with E-state index in [2.05, 4.69) is 35.3 Å². The molecule has 1 spiro atoms. The minimum absolute atomic E-state index is 0.00194. The molecule has 8 heteroatoms. The lowest BCUT2D eigenvalue weighted by atomic mass is 9.59. The van der Waals surface area contributed by atoms with Gasteiger partial charge in [-0.1, -0.05) is 47.3 Å². The number of hydrogen-bond acceptors (Lipinski definition) is 4. The molecule has 3 heterocycles. The second-order valence-electron chi connectivity index (χ2n) is 11.7. The summed E-state index contributed by atoms with van der Waals surface area (Å²) in [4.78, 5) is 30.4. The Labute approximate surface area is 256 Å². The summed E-state index contributed by atoms with van der Waals surface area (Å²) < 4.78 is 6.69. The van der Waals surface area contributed by atoms with E-state index in [1.54, 1.807) is 18.2 Å². The van der Waals surface area contributed by atoms with Crippen molar-refractivity contribution in [3.8, 4) is 18.1 Å². The monoisotopic (exact) mass is 601 g/mol. The zero-order chi connectivity index (χ0) is 29.6. The Kier molecular flexibility index (Phi) is 7.70. The topological polar surface area (TPSA) is 70.7 Å². The van der Waals surface area contributed by atoms with Gasteiger partial charge >= 0.3 is 0 Å². The maximum atomic E-state index is 14.4. The van der Waals surface area contributed by atoms with Crippen LogP contribution in [-0.4, -0.2) is 41.9 Å². The van der Waals surface area contributed by atoms with Crippen LogP contribution in [0.15, 0.2) is 60.7 Å². The van der Waals surface area contributed by atoms with Crippen molar-refractivity contribution in [2.45, 2.75) is 62.6 Å². The van der Waals surface area contributed by atoms with E-state index in [1.807, 2.05) is 42.5 Å². The molecule has 0 radical (unpaired) electrons. The van der Waals surface area contributed by atoms with Gasteiger partial charge in [-0.25, -0.2) is 0 Å². The molecule has 0 aromatic heterocycles. The zero-order valence-corrected chi connectivity index (χ0v) is 25.1. The number of amides is 2. The van der Waals surface area contributed by atoms with Crippen LogP contribution in [0.25, 0.3) is 0 Å². The number of anilines is 1. The van der Waals surface area contributed by atoms with Gasteiger partial charge in [0.05, 0.1) is 6.04 Å². The fourth-order valence-electron chi connectivity index (χ4n) is 6.93. The average molecular weight is 603 g/mol. The van der Waals surface area contributed by atoms with Crippen LogP contribution in [0.3, 0.4) is 0 Å². The van der Waals surface area contributed by atoms with Crippen molar-refractivity contribution < 1.29 is 14.3 Å². The first-order valence-corrected chi connectivity index (χ1v) is 15.1. The lowest BCUT2D eigenvalue weighted by Gasteiger charge is -2.47. The molecular formula is C34H33Cl2N3O3. The number of carbonyl (C=O) groups excluding carboxylic acids is 2. The van der Waals surface area contributed by atoms with Gasteiger partial charge in [0, 0.05) is 58.3 Å². The number of halogens is 2. The molecule has 6 rings (SSSR count). The average Bonchev–Trinajstić information content (AvgIpc) is 3.25. The number of nitrogens with one attached hydrogen (secondary N) is 2. The fourth-order valence-corrected chi connectivity index (χ4v) is 7.30. The van der Waals surface area contributed by atoms with E-state index in [-0.39, 0.29) is 24.3 Å². The van der Waals surface area contributed by atoms with Crippen molar-refractivity contribution in [1.82, 2.24) is 10.2 Å². The quantitative estimate of drug-likeness (QED) is 0.329. The number of benzene rings is 3. The molecule has 3 aliphatic rings. The molecule has 0 saturated carbocycles. The van der Waals surface area contributed by atoms with Gasteiger partial charge in [0.2, 0.25) is 11.8 Å². The smallest absolute Gasteiger partial charge is 0.238 e. The van der Waals surface area contributed by atoms with Crippen LogP contribution in [0, 0.1) is 12.3 Å². The lowest BCUT2D eigenvalue weighted by molar-refractivity contribution is -0.131. The van der Waals surface area contributed by atoms with Crippen LogP contribution in [0.2, 0.25) is 10.0 Å². The maximum absolute atomic E-state index is 14.4. The Morgan fingerprint density at radius 1 is 1.02 bits per heavy atom. The number of hydrogen-bond donors (Lipinski definition) is 2. The molecule has 3 aliphatic heterocycles. The van der Waals surface area contributed by atoms with E-state index >= 15 is 0 Å². The second-order valence-corrected chi connectivity index (χ2v) is 12.5. The summed E-state index contributed by atoms with van der Waals surface area (Å²) in [6, 6.07) is 18.1. The van der Waals surface area contributed by atoms with E-state index in [1.165, 1.54) is 0 Å². The largest absolute Gasteiger partial charge is 0.490 e. The van der Waals surface area contributed by atoms with E-state index < -0.39 is 17.4 Å². The van der Waals surface area contributed by atoms with Gasteiger partial charge in [-0.15, -0.1) is 6.42 Å². The molecule has 2 fully saturated rings. The van der Waals surface area contributed by atoms with Crippen LogP contribution in [0.4, 0.5) is 5.69 Å². The minimum Gasteiger partial charge on any atom is -0.490 e. The second kappa shape index (κ2) is 11.3. The van der Waals surface area contributed by atoms with Gasteiger partial charge in [-0.05, 0) is 80.3 Å². The third-order valence-corrected chi connectivity index (χ3v) is 9.46. The highest BCUT2D eigenvalue weighted by Gasteiger charge is 2.61. The Balaban J connectivity index is 1.52. The molecular weight excluding hydrogens is 569 g/mol. The van der Waals surface area contributed by atoms with Crippen molar-refractivity contribution in [2.75, 3.05) is 18.4 Å². The molecule has 3 aromatic carbocycles. The number of likely N-dealkylation sites (tertiary alicyclic amines) is 1. The summed E-state index contributed by atoms with van der Waals surface area (Å²) in [5.41, 5.74) is 2.28. The number of nitrogens with zero attached hydrogens (tertiary/aromatic N) is 1. The molecule has 0 aliphatic carbocycles. The third-order valence-electron chi connectivity index (χ3n) is 8.99. The first kappa shape index (κ1) is 28.6. The zero-order valence-electron chi connectivity index (χ0n) is 23.6. The van der Waals surface area contributed by atoms with E-state index in [9.17, 15) is 9.59 Å². The van der Waals surface area contributed by atoms with Gasteiger partial charge in [0.15, 0.2) is 0 Å². The summed E-state index contributed by atoms with van der Waals surface area (Å²) in [6.45, 7) is 6.29. The summed E-state index contributed by atoms with van der Waals surface area (Å²) in [5, 5.41) is 7.31. The van der Waals surface area contributed by atoms with Crippen LogP contribution in [0.1, 0.15) is 67.3 Å². The number of terminal acetylenes is 1. The molecule has 0 unspecified atom stereocenters. The number of piperidine rings is 2. The van der Waals surface area contributed by atoms with Gasteiger partial charge in [0.25, 0.3) is 0 Å². The van der Waals surface area contributed by atoms with Crippen molar-refractivity contribution in [2.24, 2.45) is 0 Å². The highest BCUT2D eigenvalue weighted by Crippen LogP contribution is 2.58. The molecule has 2 N–H and O–H groups in total. The van der Waals surface area contributed by atoms with Gasteiger partial charge in [-0.2, -0.15) is 0 Å². The van der Waals surface area contributed by atoms with E-state index in [0.717, 1.165) is 37.1 Å². The lowest BCUT2D eigenvalue weighted by Crippen LogP contribution is -2.57. The molecule has 0 bridgehead atoms. The van der Waals surface area contributed by atoms with Crippen LogP contribution >= 0.6 is 23.2 Å². The highest BCUT2D eigenvalue weighted by atomic mass is 35.5. The summed E-state index contributed by atoms with van der Waals surface area (Å²) in [6.07, 6.45) is 7.72. The van der Waals surface area contributed by atoms with Crippen molar-refractivity contribution in [3.63, 3.8) is 0 Å². The SMILES string of the molecule is C#Cc1ccc(OC2CCN(C(C)C)CC2)c([C@H]2NC(=O)C[C@@H](c3cccc(Cl)c3)[C@]23C(=O)Nc2cc(Cl)ccc23)c1. The van der Waals surface area contributed by atoms with Gasteiger partial charge in [-0.3, -0.25) is 9.59 Å². The normalized spacial score (nSPS) is 24.3. The molecule has 42 heavy (non-hydrogen) atoms. The van der Waals surface area contributed by atoms with Crippen molar-refractivity contribution >= 4 is 40.7 Å². The standard InChI is InChI=1S/C34H33Cl2N3O3/c1-4-21-8-11-30(42-25-12-14-39(15-13-25)20(2)3)26(16-21)32-34(27-10-9-24(36)18-29(27)37-33(34)41)28(19-31(40)38-32)22-6-5-7-23(35)17-22/h1,5-11,16-18,20,25,28,32H,12-15,19H2,2-3H3,(H,37,41)(H,38,40)/t28-,32+,34-/m0/s1. The summed E-state index contributed by atoms with van der Waals surface area (Å²) >= 11 is 12.8. The summed E-state index contributed by atoms with van der Waals surface area (Å²) in [7, 11) is 0. The Bertz CT molecular complexity index is 1590. The van der Waals surface area contributed by atoms with Gasteiger partial charge < -0.3 is 20.3 Å². The highest BCUT2D eigenvalue weighted by molar-refractivity contribution is 6.31. The molecule has 3 atom stereocenters. The minimum atomic E-state index is -1.22. The molecule has 2 saturated heterocycles. The molecule has 216 valence electrons. The molecule has 3 aromatic rings. The van der Waals surface area contributed by atoms with Crippen molar-refractivity contribution in [1.29, 1.82) is 0 Å². The Morgan fingerprint density at radius 2 is 1.79 bits per heavy atom. The summed E-state index contributed by atoms with van der Waals surface area (Å²) in [5.74, 6) is 2.42. The maximum Gasteiger partial charge on any atom is 0.238 e. The number of fused-ring (bicyclic) bond motifs is 2. The van der Waals surface area contributed by atoms with E-state index in [4.69, 9.17) is 34.4 Å².